The van der Waals surface area contributed by atoms with E-state index in [2.05, 4.69) is 5.32 Å². The van der Waals surface area contributed by atoms with E-state index in [1.165, 1.54) is 0 Å². The Balaban J connectivity index is 3.32. The summed E-state index contributed by atoms with van der Waals surface area (Å²) in [6, 6.07) is 0. The molecule has 0 heterocycles. The Morgan fingerprint density at radius 2 is 2.13 bits per heavy atom. The van der Waals surface area contributed by atoms with Crippen molar-refractivity contribution in [1.29, 1.82) is 0 Å². The molecule has 4 heteroatoms. The molecule has 0 aliphatic heterocycles. The normalized spacial score (nSPS) is 12.5. The number of unbranched alkanes of at least 4 members (excludes halogenated alkanes) is 2. The average Bonchev–Trinajstić information content (AvgIpc) is 2.22. The lowest BCUT2D eigenvalue weighted by Crippen LogP contribution is -2.31. The van der Waals surface area contributed by atoms with Crippen molar-refractivity contribution in [2.75, 3.05) is 19.7 Å². The zero-order valence-corrected chi connectivity index (χ0v) is 9.92. The molecule has 0 fully saturated rings. The third-order valence-electron chi connectivity index (χ3n) is 2.15. The van der Waals surface area contributed by atoms with Crippen LogP contribution in [0.1, 0.15) is 39.5 Å². The highest BCUT2D eigenvalue weighted by molar-refractivity contribution is 5.75. The van der Waals surface area contributed by atoms with Crippen molar-refractivity contribution in [1.82, 2.24) is 5.32 Å². The average molecular weight is 216 g/mol. The van der Waals surface area contributed by atoms with E-state index in [0.29, 0.717) is 26.1 Å². The van der Waals surface area contributed by atoms with Gasteiger partial charge in [0.25, 0.3) is 0 Å². The van der Waals surface area contributed by atoms with Gasteiger partial charge in [0, 0.05) is 19.6 Å². The highest BCUT2D eigenvalue weighted by Crippen LogP contribution is 1.98. The number of carbonyl (C=O) groups is 1. The summed E-state index contributed by atoms with van der Waals surface area (Å²) >= 11 is 0. The maximum absolute atomic E-state index is 11.3. The first kappa shape index (κ1) is 14.4. The third-order valence-corrected chi connectivity index (χ3v) is 2.15. The Morgan fingerprint density at radius 1 is 1.40 bits per heavy atom. The largest absolute Gasteiger partial charge is 0.377 e. The smallest absolute Gasteiger partial charge is 0.220 e. The van der Waals surface area contributed by atoms with Crippen molar-refractivity contribution in [3.8, 4) is 0 Å². The Kier molecular flexibility index (Phi) is 9.52. The second kappa shape index (κ2) is 9.93. The minimum absolute atomic E-state index is 0.1000. The van der Waals surface area contributed by atoms with Crippen LogP contribution in [-0.4, -0.2) is 31.7 Å². The van der Waals surface area contributed by atoms with Crippen LogP contribution in [-0.2, 0) is 9.53 Å². The summed E-state index contributed by atoms with van der Waals surface area (Å²) in [4.78, 5) is 11.3. The lowest BCUT2D eigenvalue weighted by Gasteiger charge is -2.12. The fourth-order valence-corrected chi connectivity index (χ4v) is 1.30. The zero-order valence-electron chi connectivity index (χ0n) is 9.92. The molecule has 15 heavy (non-hydrogen) atoms. The van der Waals surface area contributed by atoms with Crippen LogP contribution in [0.25, 0.3) is 0 Å². The molecule has 0 saturated heterocycles. The number of nitrogens with one attached hydrogen (secondary N) is 1. The SMILES string of the molecule is CCOC(C)CNC(=O)CCCCCN. The van der Waals surface area contributed by atoms with Crippen molar-refractivity contribution in [3.63, 3.8) is 0 Å². The summed E-state index contributed by atoms with van der Waals surface area (Å²) in [6.07, 6.45) is 3.65. The van der Waals surface area contributed by atoms with Crippen LogP contribution < -0.4 is 11.1 Å². The standard InChI is InChI=1S/C11H24N2O2/c1-3-15-10(2)9-13-11(14)7-5-4-6-8-12/h10H,3-9,12H2,1-2H3,(H,13,14). The van der Waals surface area contributed by atoms with Gasteiger partial charge >= 0.3 is 0 Å². The van der Waals surface area contributed by atoms with Crippen molar-refractivity contribution in [2.45, 2.75) is 45.6 Å². The van der Waals surface area contributed by atoms with E-state index in [-0.39, 0.29) is 12.0 Å². The highest BCUT2D eigenvalue weighted by Gasteiger charge is 2.04. The van der Waals surface area contributed by atoms with Crippen LogP contribution in [0.5, 0.6) is 0 Å². The fraction of sp³-hybridized carbons (Fsp3) is 0.909. The second-order valence-corrected chi connectivity index (χ2v) is 3.67. The van der Waals surface area contributed by atoms with Gasteiger partial charge in [-0.25, -0.2) is 0 Å². The number of ether oxygens (including phenoxy) is 1. The maximum atomic E-state index is 11.3. The minimum atomic E-state index is 0.1000. The van der Waals surface area contributed by atoms with Gasteiger partial charge in [-0.1, -0.05) is 6.42 Å². The van der Waals surface area contributed by atoms with Crippen LogP contribution in [0.3, 0.4) is 0 Å². The van der Waals surface area contributed by atoms with Crippen LogP contribution in [0.4, 0.5) is 0 Å². The second-order valence-electron chi connectivity index (χ2n) is 3.67. The van der Waals surface area contributed by atoms with Gasteiger partial charge in [0.05, 0.1) is 6.10 Å². The molecule has 0 aliphatic rings. The molecule has 1 atom stereocenters. The molecule has 0 bridgehead atoms. The van der Waals surface area contributed by atoms with Gasteiger partial charge in [-0.3, -0.25) is 4.79 Å². The number of hydrogen-bond donors (Lipinski definition) is 2. The number of hydrogen-bond acceptors (Lipinski definition) is 3. The Hall–Kier alpha value is -0.610. The Morgan fingerprint density at radius 3 is 2.73 bits per heavy atom. The molecule has 0 rings (SSSR count). The number of amides is 1. The summed E-state index contributed by atoms with van der Waals surface area (Å²) in [5, 5.41) is 2.85. The van der Waals surface area contributed by atoms with Crippen LogP contribution in [0.2, 0.25) is 0 Å². The first-order chi connectivity index (χ1) is 7.20. The van der Waals surface area contributed by atoms with Crippen molar-refractivity contribution < 1.29 is 9.53 Å². The molecule has 0 aromatic heterocycles. The van der Waals surface area contributed by atoms with E-state index in [1.54, 1.807) is 0 Å². The molecule has 0 aromatic carbocycles. The molecule has 4 nitrogen and oxygen atoms in total. The molecule has 3 N–H and O–H groups in total. The topological polar surface area (TPSA) is 64.3 Å². The third kappa shape index (κ3) is 9.69. The molecule has 90 valence electrons. The van der Waals surface area contributed by atoms with Crippen LogP contribution in [0, 0.1) is 0 Å². The van der Waals surface area contributed by atoms with Crippen molar-refractivity contribution in [3.05, 3.63) is 0 Å². The monoisotopic (exact) mass is 216 g/mol. The number of nitrogens with two attached hydrogens (primary N) is 1. The van der Waals surface area contributed by atoms with Crippen LogP contribution >= 0.6 is 0 Å². The summed E-state index contributed by atoms with van der Waals surface area (Å²) in [5.41, 5.74) is 5.36. The molecule has 1 amide bonds. The predicted octanol–water partition coefficient (Wildman–Crippen LogP) is 1.05. The Labute approximate surface area is 92.6 Å². The molecule has 0 aromatic rings. The molecule has 1 unspecified atom stereocenters. The fourth-order valence-electron chi connectivity index (χ4n) is 1.30. The van der Waals surface area contributed by atoms with Crippen molar-refractivity contribution in [2.24, 2.45) is 5.73 Å². The summed E-state index contributed by atoms with van der Waals surface area (Å²) in [5.74, 6) is 0.110. The van der Waals surface area contributed by atoms with E-state index >= 15 is 0 Å². The Bertz CT molecular complexity index is 163. The van der Waals surface area contributed by atoms with Gasteiger partial charge in [-0.05, 0) is 33.2 Å². The number of carbonyl (C=O) groups excluding carboxylic acids is 1. The van der Waals surface area contributed by atoms with E-state index in [4.69, 9.17) is 10.5 Å². The van der Waals surface area contributed by atoms with E-state index in [0.717, 1.165) is 19.3 Å². The van der Waals surface area contributed by atoms with Crippen molar-refractivity contribution >= 4 is 5.91 Å². The van der Waals surface area contributed by atoms with Gasteiger partial charge in [-0.15, -0.1) is 0 Å². The first-order valence-corrected chi connectivity index (χ1v) is 5.79. The molecule has 0 radical (unpaired) electrons. The lowest BCUT2D eigenvalue weighted by molar-refractivity contribution is -0.121. The number of rotatable bonds is 9. The van der Waals surface area contributed by atoms with Gasteiger partial charge in [-0.2, -0.15) is 0 Å². The summed E-state index contributed by atoms with van der Waals surface area (Å²) in [7, 11) is 0. The predicted molar refractivity (Wildman–Crippen MR) is 61.6 cm³/mol. The minimum Gasteiger partial charge on any atom is -0.377 e. The van der Waals surface area contributed by atoms with Gasteiger partial charge in [0.2, 0.25) is 5.91 Å². The molecular formula is C11H24N2O2. The first-order valence-electron chi connectivity index (χ1n) is 5.79. The molecule has 0 saturated carbocycles. The van der Waals surface area contributed by atoms with Gasteiger partial charge in [0.1, 0.15) is 0 Å². The quantitative estimate of drug-likeness (QED) is 0.566. The lowest BCUT2D eigenvalue weighted by atomic mass is 10.2. The van der Waals surface area contributed by atoms with Gasteiger partial charge < -0.3 is 15.8 Å². The summed E-state index contributed by atoms with van der Waals surface area (Å²) < 4.78 is 5.30. The van der Waals surface area contributed by atoms with Gasteiger partial charge in [0.15, 0.2) is 0 Å². The highest BCUT2D eigenvalue weighted by atomic mass is 16.5. The van der Waals surface area contributed by atoms with E-state index in [9.17, 15) is 4.79 Å². The summed E-state index contributed by atoms with van der Waals surface area (Å²) in [6.45, 7) is 5.91. The maximum Gasteiger partial charge on any atom is 0.220 e. The zero-order chi connectivity index (χ0) is 11.5. The van der Waals surface area contributed by atoms with E-state index in [1.807, 2.05) is 13.8 Å². The van der Waals surface area contributed by atoms with Crippen LogP contribution in [0.15, 0.2) is 0 Å². The molecular weight excluding hydrogens is 192 g/mol. The van der Waals surface area contributed by atoms with E-state index < -0.39 is 0 Å². The molecule has 0 spiro atoms. The molecule has 0 aliphatic carbocycles.